The molecule has 1 N–H and O–H groups in total. The van der Waals surface area contributed by atoms with Gasteiger partial charge in [0, 0.05) is 30.1 Å². The van der Waals surface area contributed by atoms with E-state index in [0.29, 0.717) is 6.04 Å². The van der Waals surface area contributed by atoms with Gasteiger partial charge in [-0.25, -0.2) is 0 Å². The van der Waals surface area contributed by atoms with Crippen LogP contribution in [0.25, 0.3) is 11.3 Å². The van der Waals surface area contributed by atoms with Gasteiger partial charge in [0.05, 0.1) is 0 Å². The van der Waals surface area contributed by atoms with Crippen LogP contribution in [0.2, 0.25) is 0 Å². The third-order valence-electron chi connectivity index (χ3n) is 6.76. The number of nitrogens with zero attached hydrogens (tertiary/aromatic N) is 2. The number of rotatable bonds is 6. The average molecular weight is 424 g/mol. The number of carbonyl (C=O) groups is 1. The van der Waals surface area contributed by atoms with Gasteiger partial charge >= 0.3 is 0 Å². The summed E-state index contributed by atoms with van der Waals surface area (Å²) in [6.07, 6.45) is 4.44. The second-order valence-electron chi connectivity index (χ2n) is 9.59. The fourth-order valence-electron chi connectivity index (χ4n) is 5.04. The minimum atomic E-state index is 0.198. The van der Waals surface area contributed by atoms with E-state index in [1.54, 1.807) is 0 Å². The molecule has 0 bridgehead atoms. The van der Waals surface area contributed by atoms with Crippen molar-refractivity contribution in [1.29, 1.82) is 0 Å². The van der Waals surface area contributed by atoms with E-state index in [-0.39, 0.29) is 17.9 Å². The lowest BCUT2D eigenvalue weighted by molar-refractivity contribution is -0.127. The van der Waals surface area contributed by atoms with E-state index in [1.807, 2.05) is 26.8 Å². The molecule has 2 fully saturated rings. The van der Waals surface area contributed by atoms with Crippen molar-refractivity contribution in [2.45, 2.75) is 65.1 Å². The molecule has 2 aliphatic heterocycles. The van der Waals surface area contributed by atoms with Crippen LogP contribution in [0.4, 0.5) is 0 Å². The number of likely N-dealkylation sites (tertiary alicyclic amines) is 2. The van der Waals surface area contributed by atoms with Crippen LogP contribution in [0.5, 0.6) is 0 Å². The number of nitrogens with one attached hydrogen (secondary N) is 1. The Labute approximate surface area is 186 Å². The minimum Gasteiger partial charge on any atom is -0.461 e. The van der Waals surface area contributed by atoms with Crippen molar-refractivity contribution in [2.24, 2.45) is 5.92 Å². The summed E-state index contributed by atoms with van der Waals surface area (Å²) in [6.45, 7) is 11.5. The Morgan fingerprint density at radius 1 is 1.06 bits per heavy atom. The molecular formula is C26H37N3O2. The SMILES string of the molecule is Cc1ccc(-c2cccc(CN3CCC(N4CCC(C(=O)NC(C)C)CC4)CC3)c2)o1. The van der Waals surface area contributed by atoms with Gasteiger partial charge < -0.3 is 14.6 Å². The van der Waals surface area contributed by atoms with Crippen LogP contribution >= 0.6 is 0 Å². The summed E-state index contributed by atoms with van der Waals surface area (Å²) in [5.74, 6) is 2.34. The predicted molar refractivity (Wildman–Crippen MR) is 125 cm³/mol. The van der Waals surface area contributed by atoms with Crippen LogP contribution in [0.15, 0.2) is 40.8 Å². The quantitative estimate of drug-likeness (QED) is 0.745. The van der Waals surface area contributed by atoms with Crippen molar-refractivity contribution in [3.05, 3.63) is 47.7 Å². The Hall–Kier alpha value is -2.11. The molecule has 1 amide bonds. The smallest absolute Gasteiger partial charge is 0.223 e. The van der Waals surface area contributed by atoms with E-state index in [2.05, 4.69) is 45.4 Å². The van der Waals surface area contributed by atoms with Gasteiger partial charge in [0.15, 0.2) is 0 Å². The van der Waals surface area contributed by atoms with E-state index in [0.717, 1.165) is 62.6 Å². The van der Waals surface area contributed by atoms with Crippen LogP contribution in [0, 0.1) is 12.8 Å². The topological polar surface area (TPSA) is 48.7 Å². The number of piperidine rings is 2. The zero-order valence-corrected chi connectivity index (χ0v) is 19.3. The molecule has 3 heterocycles. The largest absolute Gasteiger partial charge is 0.461 e. The standard InChI is InChI=1S/C26H37N3O2/c1-19(2)27-26(30)22-9-15-29(16-10-22)24-11-13-28(14-12-24)18-21-5-4-6-23(17-21)25-8-7-20(3)31-25/h4-8,17,19,22,24H,9-16,18H2,1-3H3,(H,27,30). The lowest BCUT2D eigenvalue weighted by Gasteiger charge is -2.41. The Bertz CT molecular complexity index is 859. The van der Waals surface area contributed by atoms with Crippen LogP contribution in [-0.2, 0) is 11.3 Å². The maximum atomic E-state index is 12.3. The highest BCUT2D eigenvalue weighted by Gasteiger charge is 2.30. The normalized spacial score (nSPS) is 19.7. The average Bonchev–Trinajstić information content (AvgIpc) is 3.21. The fraction of sp³-hybridized carbons (Fsp3) is 0.577. The number of furan rings is 1. The molecular weight excluding hydrogens is 386 g/mol. The summed E-state index contributed by atoms with van der Waals surface area (Å²) in [6, 6.07) is 13.7. The molecule has 2 aromatic rings. The fourth-order valence-corrected chi connectivity index (χ4v) is 5.04. The lowest BCUT2D eigenvalue weighted by atomic mass is 9.92. The molecule has 1 aromatic carbocycles. The molecule has 0 radical (unpaired) electrons. The Morgan fingerprint density at radius 2 is 1.81 bits per heavy atom. The van der Waals surface area contributed by atoms with Gasteiger partial charge in [0.25, 0.3) is 0 Å². The number of hydrogen-bond donors (Lipinski definition) is 1. The second-order valence-corrected chi connectivity index (χ2v) is 9.59. The van der Waals surface area contributed by atoms with Crippen LogP contribution in [0.3, 0.4) is 0 Å². The number of benzene rings is 1. The zero-order valence-electron chi connectivity index (χ0n) is 19.3. The first-order chi connectivity index (χ1) is 15.0. The third kappa shape index (κ3) is 5.78. The summed E-state index contributed by atoms with van der Waals surface area (Å²) in [5.41, 5.74) is 2.51. The maximum Gasteiger partial charge on any atom is 0.223 e. The van der Waals surface area contributed by atoms with Crippen LogP contribution < -0.4 is 5.32 Å². The third-order valence-corrected chi connectivity index (χ3v) is 6.76. The summed E-state index contributed by atoms with van der Waals surface area (Å²) >= 11 is 0. The summed E-state index contributed by atoms with van der Waals surface area (Å²) in [5, 5.41) is 3.08. The zero-order chi connectivity index (χ0) is 21.8. The van der Waals surface area contributed by atoms with Crippen molar-refractivity contribution < 1.29 is 9.21 Å². The van der Waals surface area contributed by atoms with E-state index >= 15 is 0 Å². The lowest BCUT2D eigenvalue weighted by Crippen LogP contribution is -2.49. The summed E-state index contributed by atoms with van der Waals surface area (Å²) in [4.78, 5) is 17.5. The summed E-state index contributed by atoms with van der Waals surface area (Å²) < 4.78 is 5.79. The van der Waals surface area contributed by atoms with Crippen LogP contribution in [0.1, 0.15) is 50.9 Å². The van der Waals surface area contributed by atoms with Crippen molar-refractivity contribution in [2.75, 3.05) is 26.2 Å². The molecule has 2 aliphatic rings. The Kier molecular flexibility index (Phi) is 7.13. The maximum absolute atomic E-state index is 12.3. The van der Waals surface area contributed by atoms with E-state index in [4.69, 9.17) is 4.42 Å². The molecule has 1 aromatic heterocycles. The molecule has 0 atom stereocenters. The number of carbonyl (C=O) groups excluding carboxylic acids is 1. The van der Waals surface area contributed by atoms with Gasteiger partial charge in [0.1, 0.15) is 11.5 Å². The molecule has 0 unspecified atom stereocenters. The second kappa shape index (κ2) is 10.0. The highest BCUT2D eigenvalue weighted by atomic mass is 16.3. The van der Waals surface area contributed by atoms with Gasteiger partial charge in [-0.05, 0) is 96.4 Å². The molecule has 5 nitrogen and oxygen atoms in total. The molecule has 0 spiro atoms. The predicted octanol–water partition coefficient (Wildman–Crippen LogP) is 4.46. The first-order valence-electron chi connectivity index (χ1n) is 11.9. The Morgan fingerprint density at radius 3 is 2.45 bits per heavy atom. The molecule has 2 saturated heterocycles. The number of amides is 1. The minimum absolute atomic E-state index is 0.198. The highest BCUT2D eigenvalue weighted by Crippen LogP contribution is 2.26. The number of hydrogen-bond acceptors (Lipinski definition) is 4. The van der Waals surface area contributed by atoms with Gasteiger partial charge in [0.2, 0.25) is 5.91 Å². The Balaban J connectivity index is 1.24. The van der Waals surface area contributed by atoms with E-state index in [1.165, 1.54) is 18.4 Å². The number of aryl methyl sites for hydroxylation is 1. The molecule has 168 valence electrons. The van der Waals surface area contributed by atoms with Gasteiger partial charge in [-0.1, -0.05) is 18.2 Å². The molecule has 5 heteroatoms. The molecule has 31 heavy (non-hydrogen) atoms. The van der Waals surface area contributed by atoms with Gasteiger partial charge in [-0.15, -0.1) is 0 Å². The summed E-state index contributed by atoms with van der Waals surface area (Å²) in [7, 11) is 0. The first kappa shape index (κ1) is 22.1. The van der Waals surface area contributed by atoms with Gasteiger partial charge in [-0.3, -0.25) is 9.69 Å². The van der Waals surface area contributed by atoms with Crippen molar-refractivity contribution in [3.8, 4) is 11.3 Å². The van der Waals surface area contributed by atoms with Crippen molar-refractivity contribution in [1.82, 2.24) is 15.1 Å². The molecule has 0 aliphatic carbocycles. The highest BCUT2D eigenvalue weighted by molar-refractivity contribution is 5.79. The van der Waals surface area contributed by atoms with Crippen LogP contribution in [-0.4, -0.2) is 54.0 Å². The molecule has 4 rings (SSSR count). The molecule has 0 saturated carbocycles. The van der Waals surface area contributed by atoms with Gasteiger partial charge in [-0.2, -0.15) is 0 Å². The first-order valence-corrected chi connectivity index (χ1v) is 11.9. The van der Waals surface area contributed by atoms with Crippen molar-refractivity contribution >= 4 is 5.91 Å². The van der Waals surface area contributed by atoms with E-state index < -0.39 is 0 Å². The van der Waals surface area contributed by atoms with E-state index in [9.17, 15) is 4.79 Å². The van der Waals surface area contributed by atoms with Crippen molar-refractivity contribution in [3.63, 3.8) is 0 Å². The monoisotopic (exact) mass is 423 g/mol.